The van der Waals surface area contributed by atoms with E-state index < -0.39 is 0 Å². The van der Waals surface area contributed by atoms with Crippen LogP contribution in [0.5, 0.6) is 0 Å². The molecule has 6 heteroatoms. The third-order valence-electron chi connectivity index (χ3n) is 4.88. The van der Waals surface area contributed by atoms with Gasteiger partial charge in [0.15, 0.2) is 5.13 Å². The Hall–Kier alpha value is -2.18. The number of nitrogens with one attached hydrogen (secondary N) is 2. The van der Waals surface area contributed by atoms with Crippen LogP contribution in [0.3, 0.4) is 0 Å². The Kier molecular flexibility index (Phi) is 4.12. The van der Waals surface area contributed by atoms with Gasteiger partial charge >= 0.3 is 0 Å². The predicted octanol–water partition coefficient (Wildman–Crippen LogP) is 4.16. The number of carbonyl (C=O) groups excluding carboxylic acids is 1. The van der Waals surface area contributed by atoms with Gasteiger partial charge in [0.05, 0.1) is 5.69 Å². The van der Waals surface area contributed by atoms with Gasteiger partial charge in [-0.25, -0.2) is 4.98 Å². The highest BCUT2D eigenvalue weighted by molar-refractivity contribution is 7.15. The van der Waals surface area contributed by atoms with Crippen molar-refractivity contribution < 1.29 is 4.79 Å². The zero-order valence-electron chi connectivity index (χ0n) is 15.6. The predicted molar refractivity (Wildman–Crippen MR) is 107 cm³/mol. The fourth-order valence-corrected chi connectivity index (χ4v) is 4.34. The molecular formula is C20H24N4OS. The number of anilines is 1. The van der Waals surface area contributed by atoms with Gasteiger partial charge in [0.1, 0.15) is 5.69 Å². The maximum Gasteiger partial charge on any atom is 0.273 e. The van der Waals surface area contributed by atoms with Crippen LogP contribution in [-0.4, -0.2) is 34.4 Å². The molecule has 3 heterocycles. The molecule has 0 bridgehead atoms. The van der Waals surface area contributed by atoms with Crippen molar-refractivity contribution in [3.63, 3.8) is 0 Å². The first-order valence-corrected chi connectivity index (χ1v) is 9.73. The number of nitrogens with zero attached hydrogens (tertiary/aromatic N) is 2. The zero-order valence-corrected chi connectivity index (χ0v) is 16.5. The Bertz CT molecular complexity index is 980. The highest BCUT2D eigenvalue weighted by Gasteiger charge is 2.20. The number of thiazole rings is 1. The van der Waals surface area contributed by atoms with Crippen LogP contribution in [0.2, 0.25) is 0 Å². The number of fused-ring (bicyclic) bond motifs is 2. The average Bonchev–Trinajstić information content (AvgIpc) is 3.15. The van der Waals surface area contributed by atoms with Crippen molar-refractivity contribution in [2.75, 3.05) is 18.9 Å². The highest BCUT2D eigenvalue weighted by Crippen LogP contribution is 2.29. The molecule has 136 valence electrons. The molecule has 0 atom stereocenters. The molecule has 2 N–H and O–H groups in total. The lowest BCUT2D eigenvalue weighted by molar-refractivity contribution is 0.102. The Labute approximate surface area is 157 Å². The highest BCUT2D eigenvalue weighted by atomic mass is 32.1. The van der Waals surface area contributed by atoms with Crippen LogP contribution in [0.25, 0.3) is 10.9 Å². The number of benzene rings is 1. The largest absolute Gasteiger partial charge is 0.351 e. The van der Waals surface area contributed by atoms with Crippen molar-refractivity contribution in [1.29, 1.82) is 0 Å². The molecule has 0 saturated carbocycles. The molecule has 0 saturated heterocycles. The lowest BCUT2D eigenvalue weighted by Gasteiger charge is -2.20. The van der Waals surface area contributed by atoms with Crippen LogP contribution in [0.1, 0.15) is 47.4 Å². The van der Waals surface area contributed by atoms with Crippen molar-refractivity contribution in [2.24, 2.45) is 0 Å². The number of aromatic nitrogens is 2. The van der Waals surface area contributed by atoms with Crippen LogP contribution in [0, 0.1) is 0 Å². The summed E-state index contributed by atoms with van der Waals surface area (Å²) >= 11 is 1.58. The molecule has 2 aromatic heterocycles. The smallest absolute Gasteiger partial charge is 0.273 e. The van der Waals surface area contributed by atoms with Gasteiger partial charge in [-0.3, -0.25) is 10.1 Å². The topological polar surface area (TPSA) is 61.0 Å². The molecule has 5 nitrogen and oxygen atoms in total. The molecule has 0 radical (unpaired) electrons. The fourth-order valence-electron chi connectivity index (χ4n) is 3.26. The molecule has 0 fully saturated rings. The van der Waals surface area contributed by atoms with E-state index in [1.54, 1.807) is 11.3 Å². The van der Waals surface area contributed by atoms with E-state index in [-0.39, 0.29) is 11.3 Å². The second-order valence-electron chi connectivity index (χ2n) is 8.07. The number of aromatic amines is 1. The van der Waals surface area contributed by atoms with Gasteiger partial charge in [-0.1, -0.05) is 32.9 Å². The van der Waals surface area contributed by atoms with Crippen LogP contribution >= 0.6 is 11.3 Å². The quantitative estimate of drug-likeness (QED) is 0.714. The van der Waals surface area contributed by atoms with Crippen molar-refractivity contribution in [1.82, 2.24) is 14.9 Å². The molecule has 1 aliphatic rings. The molecule has 0 spiro atoms. The lowest BCUT2D eigenvalue weighted by Crippen LogP contribution is -2.25. The van der Waals surface area contributed by atoms with Crippen molar-refractivity contribution in [2.45, 2.75) is 39.2 Å². The van der Waals surface area contributed by atoms with E-state index in [2.05, 4.69) is 66.2 Å². The third-order valence-corrected chi connectivity index (χ3v) is 5.87. The molecule has 0 aliphatic carbocycles. The Balaban J connectivity index is 1.57. The maximum atomic E-state index is 12.7. The van der Waals surface area contributed by atoms with E-state index in [1.165, 1.54) is 10.4 Å². The fraction of sp³-hybridized carbons (Fsp3) is 0.400. The van der Waals surface area contributed by atoms with E-state index in [0.29, 0.717) is 10.8 Å². The second-order valence-corrected chi connectivity index (χ2v) is 9.15. The molecule has 1 aliphatic heterocycles. The Morgan fingerprint density at radius 1 is 1.31 bits per heavy atom. The average molecular weight is 369 g/mol. The summed E-state index contributed by atoms with van der Waals surface area (Å²) in [5.41, 5.74) is 4.00. The molecule has 1 aromatic carbocycles. The molecule has 26 heavy (non-hydrogen) atoms. The zero-order chi connectivity index (χ0) is 18.5. The van der Waals surface area contributed by atoms with Crippen LogP contribution in [0.15, 0.2) is 24.3 Å². The minimum atomic E-state index is -0.141. The summed E-state index contributed by atoms with van der Waals surface area (Å²) < 4.78 is 0. The second kappa shape index (κ2) is 6.21. The molecular weight excluding hydrogens is 344 g/mol. The van der Waals surface area contributed by atoms with E-state index in [1.807, 2.05) is 6.07 Å². The number of hydrogen-bond acceptors (Lipinski definition) is 4. The first kappa shape index (κ1) is 17.2. The van der Waals surface area contributed by atoms with Crippen molar-refractivity contribution >= 4 is 33.3 Å². The monoisotopic (exact) mass is 368 g/mol. The summed E-state index contributed by atoms with van der Waals surface area (Å²) in [4.78, 5) is 24.0. The van der Waals surface area contributed by atoms with Gasteiger partial charge in [0.25, 0.3) is 5.91 Å². The molecule has 1 amide bonds. The Morgan fingerprint density at radius 2 is 2.12 bits per heavy atom. The van der Waals surface area contributed by atoms with Crippen LogP contribution in [0.4, 0.5) is 5.13 Å². The van der Waals surface area contributed by atoms with E-state index >= 15 is 0 Å². The summed E-state index contributed by atoms with van der Waals surface area (Å²) in [6.07, 6.45) is 0.945. The third kappa shape index (κ3) is 3.27. The van der Waals surface area contributed by atoms with E-state index in [0.717, 1.165) is 36.1 Å². The summed E-state index contributed by atoms with van der Waals surface area (Å²) in [6.45, 7) is 8.48. The molecule has 4 rings (SSSR count). The first-order chi connectivity index (χ1) is 12.3. The minimum Gasteiger partial charge on any atom is -0.351 e. The van der Waals surface area contributed by atoms with Crippen molar-refractivity contribution in [3.8, 4) is 0 Å². The molecule has 0 unspecified atom stereocenters. The van der Waals surface area contributed by atoms with Crippen molar-refractivity contribution in [3.05, 3.63) is 46.1 Å². The number of hydrogen-bond donors (Lipinski definition) is 2. The number of carbonyl (C=O) groups is 1. The number of rotatable bonds is 2. The van der Waals surface area contributed by atoms with Gasteiger partial charge in [0, 0.05) is 35.3 Å². The van der Waals surface area contributed by atoms with E-state index in [9.17, 15) is 4.79 Å². The van der Waals surface area contributed by atoms with Crippen LogP contribution < -0.4 is 5.32 Å². The number of amides is 1. The van der Waals surface area contributed by atoms with Gasteiger partial charge in [-0.05, 0) is 30.2 Å². The van der Waals surface area contributed by atoms with E-state index in [4.69, 9.17) is 0 Å². The van der Waals surface area contributed by atoms with Gasteiger partial charge in [0.2, 0.25) is 0 Å². The summed E-state index contributed by atoms with van der Waals surface area (Å²) in [5.74, 6) is -0.141. The first-order valence-electron chi connectivity index (χ1n) is 8.91. The minimum absolute atomic E-state index is 0.0782. The van der Waals surface area contributed by atoms with Gasteiger partial charge in [-0.2, -0.15) is 0 Å². The standard InChI is InChI=1S/C20H24N4OS/c1-20(2,3)13-6-5-12-9-16(21-15(12)10-13)18(25)23-19-22-14-7-8-24(4)11-17(14)26-19/h5-6,9-10,21H,7-8,11H2,1-4H3,(H,22,23,25). The molecule has 3 aromatic rings. The summed E-state index contributed by atoms with van der Waals surface area (Å²) in [6, 6.07) is 8.23. The van der Waals surface area contributed by atoms with Crippen LogP contribution in [-0.2, 0) is 18.4 Å². The maximum absolute atomic E-state index is 12.7. The van der Waals surface area contributed by atoms with Gasteiger partial charge in [-0.15, -0.1) is 11.3 Å². The SMILES string of the molecule is CN1CCc2nc(NC(=O)c3cc4ccc(C(C)(C)C)cc4[nH]3)sc2C1. The normalized spacial score (nSPS) is 15.2. The number of H-pyrrole nitrogens is 1. The Morgan fingerprint density at radius 3 is 2.88 bits per heavy atom. The lowest BCUT2D eigenvalue weighted by atomic mass is 9.87. The summed E-state index contributed by atoms with van der Waals surface area (Å²) in [7, 11) is 2.11. The number of likely N-dealkylation sites (N-methyl/N-ethyl adjacent to an activating group) is 1. The summed E-state index contributed by atoms with van der Waals surface area (Å²) in [5, 5.41) is 4.68. The van der Waals surface area contributed by atoms with Gasteiger partial charge < -0.3 is 9.88 Å².